The Morgan fingerprint density at radius 1 is 1.03 bits per heavy atom. The second kappa shape index (κ2) is 7.13. The first-order valence-corrected chi connectivity index (χ1v) is 9.72. The van der Waals surface area contributed by atoms with Crippen molar-refractivity contribution >= 4 is 57.4 Å². The van der Waals surface area contributed by atoms with Gasteiger partial charge in [-0.1, -0.05) is 71.8 Å². The van der Waals surface area contributed by atoms with Crippen molar-refractivity contribution in [3.05, 3.63) is 78.4 Å². The van der Waals surface area contributed by atoms with Gasteiger partial charge in [0.25, 0.3) is 0 Å². The summed E-state index contributed by atoms with van der Waals surface area (Å²) in [5.74, 6) is 0. The minimum absolute atomic E-state index is 0.281. The van der Waals surface area contributed by atoms with Crippen molar-refractivity contribution in [2.45, 2.75) is 6.92 Å². The van der Waals surface area contributed by atoms with Gasteiger partial charge in [-0.15, -0.1) is 0 Å². The van der Waals surface area contributed by atoms with E-state index >= 15 is 0 Å². The lowest BCUT2D eigenvalue weighted by molar-refractivity contribution is -0.0267. The van der Waals surface area contributed by atoms with Gasteiger partial charge >= 0.3 is 7.12 Å². The quantitative estimate of drug-likeness (QED) is 0.288. The molecule has 3 nitrogen and oxygen atoms in total. The van der Waals surface area contributed by atoms with Crippen LogP contribution in [-0.2, 0) is 4.86 Å². The fourth-order valence-corrected chi connectivity index (χ4v) is 4.35. The topological polar surface area (TPSA) is 42.6 Å². The summed E-state index contributed by atoms with van der Waals surface area (Å²) in [7, 11) is -1.69. The Hall–Kier alpha value is -3.41. The molecule has 0 spiro atoms. The van der Waals surface area contributed by atoms with Gasteiger partial charge in [0.1, 0.15) is 11.2 Å². The van der Waals surface area contributed by atoms with Crippen molar-refractivity contribution in [3.8, 4) is 11.1 Å². The maximum atomic E-state index is 12.8. The molecule has 4 aromatic carbocycles. The molecule has 5 rings (SSSR count). The summed E-state index contributed by atoms with van der Waals surface area (Å²) in [4.78, 5) is 3.67. The molecule has 0 aliphatic heterocycles. The van der Waals surface area contributed by atoms with Gasteiger partial charge in [0.2, 0.25) is 0 Å². The normalized spacial score (nSPS) is 12.0. The third-order valence-electron chi connectivity index (χ3n) is 5.61. The minimum atomic E-state index is -1.69. The first-order valence-electron chi connectivity index (χ1n) is 9.72. The lowest BCUT2D eigenvalue weighted by atomic mass is 9.77. The molecule has 0 aliphatic rings. The molecule has 0 saturated carbocycles. The number of hydrogen-bond donors (Lipinski definition) is 1. The van der Waals surface area contributed by atoms with Crippen LogP contribution in [0.15, 0.2) is 71.7 Å². The Bertz CT molecular complexity index is 1420. The Morgan fingerprint density at radius 2 is 1.83 bits per heavy atom. The maximum Gasteiger partial charge on any atom is 0.530 e. The van der Waals surface area contributed by atoms with Gasteiger partial charge in [0, 0.05) is 16.3 Å². The Morgan fingerprint density at radius 3 is 2.53 bits per heavy atom. The third kappa shape index (κ3) is 2.60. The van der Waals surface area contributed by atoms with Crippen LogP contribution in [0.1, 0.15) is 18.1 Å². The van der Waals surface area contributed by atoms with Gasteiger partial charge in [-0.2, -0.15) is 0 Å². The molecule has 0 atom stereocenters. The van der Waals surface area contributed by atoms with Crippen LogP contribution in [0.2, 0.25) is 0 Å². The number of halogens is 1. The van der Waals surface area contributed by atoms with Crippen molar-refractivity contribution in [1.82, 2.24) is 0 Å². The van der Waals surface area contributed by atoms with E-state index in [2.05, 4.69) is 23.6 Å². The Kier molecular flexibility index (Phi) is 4.42. The Balaban J connectivity index is 2.01. The van der Waals surface area contributed by atoms with Gasteiger partial charge in [-0.25, -0.2) is 4.86 Å². The van der Waals surface area contributed by atoms with E-state index in [1.165, 1.54) is 0 Å². The lowest BCUT2D eigenvalue weighted by Gasteiger charge is -2.13. The molecule has 1 N–H and O–H groups in total. The molecule has 30 heavy (non-hydrogen) atoms. The molecule has 0 fully saturated rings. The number of hydrogen-bond acceptors (Lipinski definition) is 3. The standard InChI is InChI=1S/C25H18BFO3/c1-3-8-19-17(4-2)21-13-16(26(28)30-27)14-22-23(21)24-20(19)12-11-18(25(24)29-22)15-9-6-5-7-10-15/h3-14,28H,2H2,1H3/b8-3-. The Labute approximate surface area is 173 Å². The van der Waals surface area contributed by atoms with Crippen LogP contribution in [0.4, 0.5) is 4.53 Å². The van der Waals surface area contributed by atoms with E-state index in [1.54, 1.807) is 18.2 Å². The predicted octanol–water partition coefficient (Wildman–Crippen LogP) is 6.11. The number of benzene rings is 4. The fraction of sp³-hybridized carbons (Fsp3) is 0.0400. The highest BCUT2D eigenvalue weighted by Gasteiger charge is 2.25. The summed E-state index contributed by atoms with van der Waals surface area (Å²) in [6.45, 7) is 5.95. The van der Waals surface area contributed by atoms with Crippen LogP contribution in [0.25, 0.3) is 56.0 Å². The predicted molar refractivity (Wildman–Crippen MR) is 122 cm³/mol. The van der Waals surface area contributed by atoms with E-state index < -0.39 is 7.12 Å². The molecule has 0 saturated heterocycles. The summed E-state index contributed by atoms with van der Waals surface area (Å²) in [6.07, 6.45) is 5.79. The van der Waals surface area contributed by atoms with Crippen molar-refractivity contribution in [2.24, 2.45) is 0 Å². The summed E-state index contributed by atoms with van der Waals surface area (Å²) in [6, 6.07) is 17.6. The average molecular weight is 396 g/mol. The van der Waals surface area contributed by atoms with Crippen molar-refractivity contribution in [1.29, 1.82) is 0 Å². The zero-order valence-electron chi connectivity index (χ0n) is 16.4. The average Bonchev–Trinajstić information content (AvgIpc) is 3.18. The molecule has 0 radical (unpaired) electrons. The minimum Gasteiger partial charge on any atom is -0.455 e. The van der Waals surface area contributed by atoms with E-state index in [1.807, 2.05) is 49.4 Å². The maximum absolute atomic E-state index is 12.8. The molecule has 146 valence electrons. The zero-order chi connectivity index (χ0) is 20.8. The first-order chi connectivity index (χ1) is 14.7. The molecule has 0 amide bonds. The molecule has 5 heteroatoms. The SMILES string of the molecule is C=Cc1c(/C=C\C)c2ccc(-c3ccccc3)c3oc4cc(B(O)OF)cc1c4c23. The van der Waals surface area contributed by atoms with Crippen LogP contribution in [-0.4, -0.2) is 12.1 Å². The summed E-state index contributed by atoms with van der Waals surface area (Å²) in [5, 5.41) is 13.8. The fourth-order valence-electron chi connectivity index (χ4n) is 4.35. The molecular weight excluding hydrogens is 378 g/mol. The summed E-state index contributed by atoms with van der Waals surface area (Å²) >= 11 is 0. The summed E-state index contributed by atoms with van der Waals surface area (Å²) < 4.78 is 19.1. The highest BCUT2D eigenvalue weighted by molar-refractivity contribution is 6.60. The van der Waals surface area contributed by atoms with E-state index in [4.69, 9.17) is 4.42 Å². The van der Waals surface area contributed by atoms with Crippen LogP contribution >= 0.6 is 0 Å². The van der Waals surface area contributed by atoms with E-state index in [-0.39, 0.29) is 5.46 Å². The molecule has 1 aromatic heterocycles. The second-order valence-electron chi connectivity index (χ2n) is 7.25. The van der Waals surface area contributed by atoms with Gasteiger partial charge in [-0.05, 0) is 52.0 Å². The monoisotopic (exact) mass is 396 g/mol. The third-order valence-corrected chi connectivity index (χ3v) is 5.61. The van der Waals surface area contributed by atoms with Crippen LogP contribution in [0, 0.1) is 0 Å². The van der Waals surface area contributed by atoms with Gasteiger partial charge in [0.05, 0.1) is 0 Å². The number of furan rings is 1. The zero-order valence-corrected chi connectivity index (χ0v) is 16.4. The van der Waals surface area contributed by atoms with Crippen LogP contribution in [0.5, 0.6) is 0 Å². The van der Waals surface area contributed by atoms with Crippen LogP contribution in [0.3, 0.4) is 0 Å². The van der Waals surface area contributed by atoms with Crippen molar-refractivity contribution in [3.63, 3.8) is 0 Å². The molecule has 5 aromatic rings. The molecule has 0 bridgehead atoms. The first kappa shape index (κ1) is 18.6. The largest absolute Gasteiger partial charge is 0.530 e. The highest BCUT2D eigenvalue weighted by atomic mass is 19.3. The lowest BCUT2D eigenvalue weighted by Crippen LogP contribution is -2.31. The molecule has 1 heterocycles. The van der Waals surface area contributed by atoms with Gasteiger partial charge in [-0.3, -0.25) is 0 Å². The second-order valence-corrected chi connectivity index (χ2v) is 7.25. The van der Waals surface area contributed by atoms with Crippen molar-refractivity contribution < 1.29 is 18.8 Å². The van der Waals surface area contributed by atoms with Gasteiger partial charge < -0.3 is 9.44 Å². The van der Waals surface area contributed by atoms with Crippen molar-refractivity contribution in [2.75, 3.05) is 0 Å². The molecular formula is C25H18BFO3. The molecule has 0 unspecified atom stereocenters. The smallest absolute Gasteiger partial charge is 0.455 e. The van der Waals surface area contributed by atoms with Crippen LogP contribution < -0.4 is 5.46 Å². The number of allylic oxidation sites excluding steroid dienone is 1. The van der Waals surface area contributed by atoms with Gasteiger partial charge in [0.15, 0.2) is 0 Å². The summed E-state index contributed by atoms with van der Waals surface area (Å²) in [5.41, 5.74) is 5.52. The van der Waals surface area contributed by atoms with E-state index in [0.717, 1.165) is 49.4 Å². The van der Waals surface area contributed by atoms with E-state index in [9.17, 15) is 9.55 Å². The molecule has 0 aliphatic carbocycles. The van der Waals surface area contributed by atoms with E-state index in [0.29, 0.717) is 5.58 Å². The number of rotatable bonds is 5. The highest BCUT2D eigenvalue weighted by Crippen LogP contribution is 2.45.